The number of rotatable bonds is 11. The summed E-state index contributed by atoms with van der Waals surface area (Å²) in [4.78, 5) is 0. The van der Waals surface area contributed by atoms with Gasteiger partial charge >= 0.3 is 0 Å². The predicted molar refractivity (Wildman–Crippen MR) is 154 cm³/mol. The Morgan fingerprint density at radius 2 is 0.919 bits per heavy atom. The van der Waals surface area contributed by atoms with Crippen LogP contribution < -0.4 is 0 Å². The number of aliphatic hydroxyl groups is 12. The minimum atomic E-state index is -1.59. The third kappa shape index (κ3) is 85.8. The standard InChI is InChI=1S/C5H12O2.C5H12O.C4H10O4.C3H8O3.C3H8S3.C2H6O2/c1-2-5(3-6)4-7;1-2-3-4-5-6;5-3(6)1-2-4(7)8;2*1-2(4)3(5)6;1-2(3)4/h5-7H,2-4H2,1H3;6H,2-5H2,1H3;3-8H,1-2H2;2*2-6H,1H3;2-4H,1H3. The molecule has 234 valence electrons. The minimum Gasteiger partial charge on any atom is -0.396 e. The molecule has 0 saturated carbocycles. The largest absolute Gasteiger partial charge is 0.396 e. The molecular formula is C22H56O12S3. The van der Waals surface area contributed by atoms with Crippen LogP contribution in [0.5, 0.6) is 0 Å². The highest BCUT2D eigenvalue weighted by atomic mass is 32.2. The fourth-order valence-electron chi connectivity index (χ4n) is 0.976. The molecule has 0 fully saturated rings. The van der Waals surface area contributed by atoms with Crippen molar-refractivity contribution >= 4 is 37.9 Å². The molecule has 15 heteroatoms. The van der Waals surface area contributed by atoms with Crippen molar-refractivity contribution in [3.63, 3.8) is 0 Å². The van der Waals surface area contributed by atoms with Gasteiger partial charge in [0.1, 0.15) is 12.4 Å². The van der Waals surface area contributed by atoms with Gasteiger partial charge < -0.3 is 61.3 Å². The summed E-state index contributed by atoms with van der Waals surface area (Å²) in [5, 5.41) is 97.0. The summed E-state index contributed by atoms with van der Waals surface area (Å²) >= 11 is 12.0. The van der Waals surface area contributed by atoms with Crippen LogP contribution in [-0.4, -0.2) is 122 Å². The summed E-state index contributed by atoms with van der Waals surface area (Å²) < 4.78 is 0.105. The van der Waals surface area contributed by atoms with Crippen LogP contribution in [0.15, 0.2) is 0 Å². The lowest BCUT2D eigenvalue weighted by atomic mass is 10.1. The van der Waals surface area contributed by atoms with Crippen molar-refractivity contribution in [3.8, 4) is 0 Å². The predicted octanol–water partition coefficient (Wildman–Crippen LogP) is -0.961. The fraction of sp³-hybridized carbons (Fsp3) is 1.00. The fourth-order valence-corrected chi connectivity index (χ4v) is 0.976. The van der Waals surface area contributed by atoms with E-state index in [9.17, 15) is 0 Å². The molecule has 2 atom stereocenters. The molecular weight excluding hydrogens is 552 g/mol. The van der Waals surface area contributed by atoms with Gasteiger partial charge in [0.05, 0.1) is 4.58 Å². The summed E-state index contributed by atoms with van der Waals surface area (Å²) in [6.45, 7) is 9.15. The topological polar surface area (TPSA) is 243 Å². The molecule has 0 aromatic rings. The maximum absolute atomic E-state index is 8.37. The zero-order valence-corrected chi connectivity index (χ0v) is 25.4. The van der Waals surface area contributed by atoms with Gasteiger partial charge in [-0.2, -0.15) is 37.9 Å². The average Bonchev–Trinajstić information content (AvgIpc) is 2.78. The van der Waals surface area contributed by atoms with E-state index in [1.54, 1.807) is 0 Å². The first kappa shape index (κ1) is 50.4. The van der Waals surface area contributed by atoms with Crippen LogP contribution >= 0.6 is 37.9 Å². The maximum atomic E-state index is 8.37. The van der Waals surface area contributed by atoms with Crippen molar-refractivity contribution in [2.24, 2.45) is 5.92 Å². The van der Waals surface area contributed by atoms with E-state index in [0.29, 0.717) is 6.61 Å². The van der Waals surface area contributed by atoms with Crippen molar-refractivity contribution in [3.05, 3.63) is 0 Å². The second-order valence-electron chi connectivity index (χ2n) is 7.55. The molecule has 12 N–H and O–H groups in total. The third-order valence-electron chi connectivity index (χ3n) is 3.40. The average molecular weight is 609 g/mol. The van der Waals surface area contributed by atoms with Crippen LogP contribution in [0, 0.1) is 5.92 Å². The Hall–Kier alpha value is 0.570. The third-order valence-corrected chi connectivity index (χ3v) is 5.06. The summed E-state index contributed by atoms with van der Waals surface area (Å²) in [7, 11) is 0. The number of aliphatic hydroxyl groups excluding tert-OH is 8. The monoisotopic (exact) mass is 608 g/mol. The highest BCUT2D eigenvalue weighted by Gasteiger charge is 2.02. The molecule has 0 aromatic heterocycles. The first-order valence-electron chi connectivity index (χ1n) is 11.9. The number of unbranched alkanes of at least 4 members (excludes halogenated alkanes) is 2. The molecule has 0 heterocycles. The van der Waals surface area contributed by atoms with Gasteiger partial charge in [-0.25, -0.2) is 0 Å². The van der Waals surface area contributed by atoms with E-state index in [2.05, 4.69) is 44.8 Å². The van der Waals surface area contributed by atoms with Crippen LogP contribution in [0.2, 0.25) is 0 Å². The zero-order chi connectivity index (χ0) is 31.0. The Bertz CT molecular complexity index is 318. The highest BCUT2D eigenvalue weighted by molar-refractivity contribution is 8.00. The lowest BCUT2D eigenvalue weighted by Gasteiger charge is -2.03. The molecule has 0 spiro atoms. The van der Waals surface area contributed by atoms with Gasteiger partial charge in [0.2, 0.25) is 0 Å². The van der Waals surface area contributed by atoms with Gasteiger partial charge in [0.25, 0.3) is 0 Å². The normalized spacial score (nSPS) is 11.8. The Morgan fingerprint density at radius 3 is 0.973 bits per heavy atom. The Balaban J connectivity index is -0.0000000788. The van der Waals surface area contributed by atoms with Crippen LogP contribution in [0.1, 0.15) is 73.1 Å². The van der Waals surface area contributed by atoms with E-state index in [1.165, 1.54) is 20.3 Å². The van der Waals surface area contributed by atoms with Crippen LogP contribution in [0.3, 0.4) is 0 Å². The van der Waals surface area contributed by atoms with Gasteiger partial charge in [-0.3, -0.25) is 0 Å². The molecule has 0 aromatic carbocycles. The molecule has 0 amide bonds. The number of hydrogen-bond acceptors (Lipinski definition) is 15. The van der Waals surface area contributed by atoms with Gasteiger partial charge in [-0.15, -0.1) is 0 Å². The second-order valence-corrected chi connectivity index (χ2v) is 9.88. The molecule has 0 aliphatic carbocycles. The zero-order valence-electron chi connectivity index (χ0n) is 22.7. The van der Waals surface area contributed by atoms with Crippen LogP contribution in [0.25, 0.3) is 0 Å². The Morgan fingerprint density at radius 1 is 0.622 bits per heavy atom. The summed E-state index contributed by atoms with van der Waals surface area (Å²) in [5.74, 6) is 0.0972. The molecule has 37 heavy (non-hydrogen) atoms. The molecule has 12 nitrogen and oxygen atoms in total. The van der Waals surface area contributed by atoms with E-state index in [-0.39, 0.29) is 41.8 Å². The maximum Gasteiger partial charge on any atom is 0.177 e. The van der Waals surface area contributed by atoms with Crippen LogP contribution in [-0.2, 0) is 0 Å². The lowest BCUT2D eigenvalue weighted by Crippen LogP contribution is -2.20. The highest BCUT2D eigenvalue weighted by Crippen LogP contribution is 2.10. The Labute approximate surface area is 238 Å². The SMILES string of the molecule is CC(O)C(O)O.CC(O)O.CC(S)C(S)S.CCC(CO)CO.CCCCCO.OC(O)CCC(O)O. The minimum absolute atomic E-state index is 0.00231. The quantitative estimate of drug-likeness (QED) is 0.0770. The Kier molecular flexibility index (Phi) is 55.9. The van der Waals surface area contributed by atoms with E-state index < -0.39 is 31.3 Å². The number of thiol groups is 3. The first-order valence-corrected chi connectivity index (χ1v) is 13.5. The van der Waals surface area contributed by atoms with Crippen molar-refractivity contribution in [2.75, 3.05) is 19.8 Å². The lowest BCUT2D eigenvalue weighted by molar-refractivity contribution is -0.114. The van der Waals surface area contributed by atoms with E-state index in [4.69, 9.17) is 61.3 Å². The number of hydrogen-bond donors (Lipinski definition) is 15. The molecule has 0 aliphatic heterocycles. The first-order chi connectivity index (χ1) is 16.9. The molecule has 0 aliphatic rings. The molecule has 0 saturated heterocycles. The van der Waals surface area contributed by atoms with Crippen molar-refractivity contribution < 1.29 is 61.3 Å². The molecule has 0 radical (unpaired) electrons. The van der Waals surface area contributed by atoms with Gasteiger partial charge in [-0.1, -0.05) is 33.6 Å². The van der Waals surface area contributed by atoms with Gasteiger partial charge in [0, 0.05) is 43.8 Å². The van der Waals surface area contributed by atoms with Gasteiger partial charge in [0.15, 0.2) is 18.9 Å². The van der Waals surface area contributed by atoms with Crippen molar-refractivity contribution in [1.29, 1.82) is 0 Å². The van der Waals surface area contributed by atoms with E-state index in [1.807, 2.05) is 13.8 Å². The van der Waals surface area contributed by atoms with E-state index in [0.717, 1.165) is 19.3 Å². The summed E-state index contributed by atoms with van der Waals surface area (Å²) in [5.41, 5.74) is 0. The van der Waals surface area contributed by atoms with E-state index >= 15 is 0 Å². The molecule has 2 unspecified atom stereocenters. The summed E-state index contributed by atoms with van der Waals surface area (Å²) in [6, 6.07) is 0. The summed E-state index contributed by atoms with van der Waals surface area (Å²) in [6.07, 6.45) is -2.49. The van der Waals surface area contributed by atoms with Crippen molar-refractivity contribution in [1.82, 2.24) is 0 Å². The van der Waals surface area contributed by atoms with Gasteiger partial charge in [-0.05, 0) is 26.7 Å². The molecule has 0 rings (SSSR count). The van der Waals surface area contributed by atoms with Crippen LogP contribution in [0.4, 0.5) is 0 Å². The smallest absolute Gasteiger partial charge is 0.177 e. The van der Waals surface area contributed by atoms with Crippen molar-refractivity contribution in [2.45, 2.75) is 114 Å². The molecule has 0 bridgehead atoms. The second kappa shape index (κ2) is 41.1.